The zero-order valence-electron chi connectivity index (χ0n) is 5.03. The van der Waals surface area contributed by atoms with Crippen LogP contribution in [-0.4, -0.2) is 12.1 Å². The van der Waals surface area contributed by atoms with E-state index in [2.05, 4.69) is 17.6 Å². The van der Waals surface area contributed by atoms with E-state index in [1.54, 1.807) is 25.6 Å². The number of aromatic nitrogens is 1. The Hall–Kier alpha value is -0.700. The highest BCUT2D eigenvalue weighted by atomic mass is 32.1. The number of thiol groups is 1. The van der Waals surface area contributed by atoms with E-state index in [-0.39, 0.29) is 0 Å². The van der Waals surface area contributed by atoms with Gasteiger partial charge in [0.25, 0.3) is 0 Å². The molecule has 0 amide bonds. The molecule has 0 saturated heterocycles. The van der Waals surface area contributed by atoms with Crippen molar-refractivity contribution in [1.82, 2.24) is 4.98 Å². The number of pyridine rings is 1. The van der Waals surface area contributed by atoms with E-state index in [0.29, 0.717) is 0 Å². The number of rotatable bonds is 1. The largest absolute Gasteiger partial charge is 0.495 e. The third-order valence-electron chi connectivity index (χ3n) is 0.934. The fourth-order valence-electron chi connectivity index (χ4n) is 0.519. The van der Waals surface area contributed by atoms with Crippen LogP contribution in [0.25, 0.3) is 0 Å². The molecule has 0 aliphatic heterocycles. The molecule has 0 aliphatic carbocycles. The quantitative estimate of drug-likeness (QED) is 0.597. The Morgan fingerprint density at radius 2 is 2.33 bits per heavy atom. The fraction of sp³-hybridized carbons (Fsp3) is 0.167. The molecule has 0 spiro atoms. The molecule has 0 bridgehead atoms. The second-order valence-electron chi connectivity index (χ2n) is 1.58. The average molecular weight is 141 g/mol. The van der Waals surface area contributed by atoms with Gasteiger partial charge in [0.15, 0.2) is 0 Å². The highest BCUT2D eigenvalue weighted by Crippen LogP contribution is 2.12. The van der Waals surface area contributed by atoms with Gasteiger partial charge in [-0.3, -0.25) is 4.98 Å². The molecule has 0 N–H and O–H groups in total. The van der Waals surface area contributed by atoms with Gasteiger partial charge in [-0.25, -0.2) is 0 Å². The van der Waals surface area contributed by atoms with Crippen LogP contribution < -0.4 is 4.74 Å². The molecule has 0 aromatic carbocycles. The first-order valence-corrected chi connectivity index (χ1v) is 2.95. The molecule has 0 fully saturated rings. The minimum atomic E-state index is 0.738. The van der Waals surface area contributed by atoms with Gasteiger partial charge in [0.1, 0.15) is 5.75 Å². The van der Waals surface area contributed by atoms with Crippen LogP contribution in [0.2, 0.25) is 0 Å². The number of ether oxygens (including phenoxy) is 1. The monoisotopic (exact) mass is 141 g/mol. The van der Waals surface area contributed by atoms with Crippen molar-refractivity contribution in [2.24, 2.45) is 0 Å². The van der Waals surface area contributed by atoms with Crippen molar-refractivity contribution in [2.75, 3.05) is 7.11 Å². The molecule has 1 aromatic heterocycles. The van der Waals surface area contributed by atoms with Crippen LogP contribution in [0.3, 0.4) is 0 Å². The summed E-state index contributed by atoms with van der Waals surface area (Å²) in [7, 11) is 1.60. The lowest BCUT2D eigenvalue weighted by Gasteiger charge is -1.96. The van der Waals surface area contributed by atoms with Crippen molar-refractivity contribution in [3.8, 4) is 5.75 Å². The number of nitrogens with zero attached hydrogens (tertiary/aromatic N) is 1. The summed E-state index contributed by atoms with van der Waals surface area (Å²) in [4.78, 5) is 4.67. The summed E-state index contributed by atoms with van der Waals surface area (Å²) >= 11 is 4.07. The van der Waals surface area contributed by atoms with Gasteiger partial charge in [-0.15, -0.1) is 12.6 Å². The van der Waals surface area contributed by atoms with E-state index in [1.165, 1.54) is 0 Å². The zero-order valence-corrected chi connectivity index (χ0v) is 5.93. The highest BCUT2D eigenvalue weighted by Gasteiger charge is 1.88. The molecular weight excluding hydrogens is 134 g/mol. The maximum absolute atomic E-state index is 4.88. The minimum absolute atomic E-state index is 0.738. The van der Waals surface area contributed by atoms with Crippen molar-refractivity contribution >= 4 is 12.6 Å². The van der Waals surface area contributed by atoms with Crippen LogP contribution in [0.1, 0.15) is 0 Å². The maximum Gasteiger partial charge on any atom is 0.138 e. The van der Waals surface area contributed by atoms with Gasteiger partial charge >= 0.3 is 0 Å². The molecule has 2 nitrogen and oxygen atoms in total. The van der Waals surface area contributed by atoms with Gasteiger partial charge in [0.2, 0.25) is 0 Å². The average Bonchev–Trinajstić information content (AvgIpc) is 1.88. The van der Waals surface area contributed by atoms with Crippen molar-refractivity contribution < 1.29 is 4.74 Å². The smallest absolute Gasteiger partial charge is 0.138 e. The zero-order chi connectivity index (χ0) is 6.69. The van der Waals surface area contributed by atoms with Gasteiger partial charge in [-0.1, -0.05) is 0 Å². The molecule has 0 aliphatic rings. The van der Waals surface area contributed by atoms with Gasteiger partial charge in [-0.2, -0.15) is 0 Å². The Kier molecular flexibility index (Phi) is 1.95. The van der Waals surface area contributed by atoms with Gasteiger partial charge in [0, 0.05) is 11.1 Å². The second-order valence-corrected chi connectivity index (χ2v) is 2.10. The van der Waals surface area contributed by atoms with Crippen molar-refractivity contribution in [3.63, 3.8) is 0 Å². The standard InChI is InChI=1S/C6H7NOS/c1-8-5-2-6(9)4-7-3-5/h2-4,9H,1H3. The summed E-state index contributed by atoms with van der Waals surface area (Å²) in [5.74, 6) is 0.738. The van der Waals surface area contributed by atoms with Crippen LogP contribution in [0.4, 0.5) is 0 Å². The Balaban J connectivity index is 2.94. The Bertz CT molecular complexity index is 202. The highest BCUT2D eigenvalue weighted by molar-refractivity contribution is 7.80. The molecule has 0 saturated carbocycles. The second kappa shape index (κ2) is 2.73. The van der Waals surface area contributed by atoms with Crippen molar-refractivity contribution in [3.05, 3.63) is 18.5 Å². The minimum Gasteiger partial charge on any atom is -0.495 e. The van der Waals surface area contributed by atoms with E-state index in [9.17, 15) is 0 Å². The molecule has 48 valence electrons. The molecule has 1 rings (SSSR count). The molecule has 0 unspecified atom stereocenters. The van der Waals surface area contributed by atoms with Gasteiger partial charge < -0.3 is 4.74 Å². The molecular formula is C6H7NOS. The predicted molar refractivity (Wildman–Crippen MR) is 38.0 cm³/mol. The van der Waals surface area contributed by atoms with Crippen LogP contribution in [0.5, 0.6) is 5.75 Å². The first-order chi connectivity index (χ1) is 4.33. The van der Waals surface area contributed by atoms with Gasteiger partial charge in [-0.05, 0) is 6.07 Å². The number of hydrogen-bond donors (Lipinski definition) is 1. The van der Waals surface area contributed by atoms with E-state index in [1.807, 2.05) is 0 Å². The molecule has 1 heterocycles. The van der Waals surface area contributed by atoms with Crippen LogP contribution >= 0.6 is 12.6 Å². The summed E-state index contributed by atoms with van der Waals surface area (Å²) in [5.41, 5.74) is 0. The lowest BCUT2D eigenvalue weighted by atomic mass is 10.5. The summed E-state index contributed by atoms with van der Waals surface area (Å²) in [6, 6.07) is 1.80. The van der Waals surface area contributed by atoms with Crippen LogP contribution in [-0.2, 0) is 0 Å². The number of hydrogen-bond acceptors (Lipinski definition) is 3. The Labute approximate surface area is 59.3 Å². The van der Waals surface area contributed by atoms with Crippen LogP contribution in [0.15, 0.2) is 23.4 Å². The van der Waals surface area contributed by atoms with Gasteiger partial charge in [0.05, 0.1) is 13.3 Å². The lowest BCUT2D eigenvalue weighted by Crippen LogP contribution is -1.82. The third-order valence-corrected chi connectivity index (χ3v) is 1.18. The Morgan fingerprint density at radius 3 is 2.78 bits per heavy atom. The summed E-state index contributed by atoms with van der Waals surface area (Å²) in [5, 5.41) is 0. The molecule has 9 heavy (non-hydrogen) atoms. The molecule has 3 heteroatoms. The van der Waals surface area contributed by atoms with E-state index >= 15 is 0 Å². The summed E-state index contributed by atoms with van der Waals surface area (Å²) in [6.45, 7) is 0. The summed E-state index contributed by atoms with van der Waals surface area (Å²) < 4.78 is 4.88. The first-order valence-electron chi connectivity index (χ1n) is 2.51. The predicted octanol–water partition coefficient (Wildman–Crippen LogP) is 1.38. The van der Waals surface area contributed by atoms with E-state index < -0.39 is 0 Å². The summed E-state index contributed by atoms with van der Waals surface area (Å²) in [6.07, 6.45) is 3.30. The Morgan fingerprint density at radius 1 is 1.56 bits per heavy atom. The lowest BCUT2D eigenvalue weighted by molar-refractivity contribution is 0.411. The topological polar surface area (TPSA) is 22.1 Å². The molecule has 1 aromatic rings. The van der Waals surface area contributed by atoms with Crippen LogP contribution in [0, 0.1) is 0 Å². The normalized spacial score (nSPS) is 9.11. The molecule has 0 radical (unpaired) electrons. The van der Waals surface area contributed by atoms with E-state index in [0.717, 1.165) is 10.6 Å². The van der Waals surface area contributed by atoms with E-state index in [4.69, 9.17) is 4.74 Å². The van der Waals surface area contributed by atoms with Crippen molar-refractivity contribution in [2.45, 2.75) is 4.90 Å². The maximum atomic E-state index is 4.88. The molecule has 0 atom stereocenters. The fourth-order valence-corrected chi connectivity index (χ4v) is 0.713. The van der Waals surface area contributed by atoms with Crippen molar-refractivity contribution in [1.29, 1.82) is 0 Å². The first kappa shape index (κ1) is 6.42. The third kappa shape index (κ3) is 1.61. The SMILES string of the molecule is COc1cncc(S)c1. The number of methoxy groups -OCH3 is 1.